The summed E-state index contributed by atoms with van der Waals surface area (Å²) in [5, 5.41) is 4.21. The summed E-state index contributed by atoms with van der Waals surface area (Å²) in [7, 11) is -3.73. The molecule has 0 radical (unpaired) electrons. The van der Waals surface area contributed by atoms with Gasteiger partial charge in [-0.3, -0.25) is 0 Å². The van der Waals surface area contributed by atoms with Crippen molar-refractivity contribution in [1.29, 1.82) is 0 Å². The zero-order chi connectivity index (χ0) is 14.3. The van der Waals surface area contributed by atoms with Crippen molar-refractivity contribution in [1.82, 2.24) is 14.2 Å². The molecule has 0 aliphatic rings. The predicted molar refractivity (Wildman–Crippen MR) is 76.3 cm³/mol. The molecule has 2 aromatic heterocycles. The van der Waals surface area contributed by atoms with Crippen LogP contribution in [-0.4, -0.2) is 22.6 Å². The van der Waals surface area contributed by atoms with E-state index in [1.807, 2.05) is 6.92 Å². The lowest BCUT2D eigenvalue weighted by atomic mass is 10.2. The average Bonchev–Trinajstić information content (AvgIpc) is 2.82. The number of fused-ring (bicyclic) bond motifs is 1. The van der Waals surface area contributed by atoms with Crippen LogP contribution in [0.15, 0.2) is 47.5 Å². The highest BCUT2D eigenvalue weighted by atomic mass is 35.5. The van der Waals surface area contributed by atoms with Gasteiger partial charge in [-0.1, -0.05) is 29.3 Å². The van der Waals surface area contributed by atoms with E-state index in [1.54, 1.807) is 30.3 Å². The zero-order valence-corrected chi connectivity index (χ0v) is 12.1. The van der Waals surface area contributed by atoms with Crippen LogP contribution in [0.5, 0.6) is 0 Å². The van der Waals surface area contributed by atoms with Crippen molar-refractivity contribution in [2.24, 2.45) is 0 Å². The first-order chi connectivity index (χ1) is 9.48. The molecule has 2 heterocycles. The van der Waals surface area contributed by atoms with Gasteiger partial charge in [0.05, 0.1) is 11.1 Å². The third-order valence-corrected chi connectivity index (χ3v) is 4.73. The quantitative estimate of drug-likeness (QED) is 0.683. The summed E-state index contributed by atoms with van der Waals surface area (Å²) >= 11 is 5.78. The molecule has 0 amide bonds. The molecule has 0 bridgehead atoms. The largest absolute Gasteiger partial charge is 0.283 e. The Balaban J connectivity index is 2.21. The molecule has 3 rings (SSSR count). The van der Waals surface area contributed by atoms with E-state index in [4.69, 9.17) is 11.6 Å². The highest BCUT2D eigenvalue weighted by Crippen LogP contribution is 2.20. The minimum absolute atomic E-state index is 0.183. The Labute approximate surface area is 120 Å². The number of benzene rings is 1. The molecule has 1 aromatic carbocycles. The van der Waals surface area contributed by atoms with Gasteiger partial charge in [-0.2, -0.15) is 17.6 Å². The van der Waals surface area contributed by atoms with E-state index in [0.717, 1.165) is 9.65 Å². The van der Waals surface area contributed by atoms with E-state index < -0.39 is 10.0 Å². The number of aromatic nitrogens is 3. The van der Waals surface area contributed by atoms with Crippen molar-refractivity contribution in [2.75, 3.05) is 0 Å². The monoisotopic (exact) mass is 307 g/mol. The Morgan fingerprint density at radius 3 is 2.50 bits per heavy atom. The van der Waals surface area contributed by atoms with E-state index in [2.05, 4.69) is 10.1 Å². The second kappa shape index (κ2) is 4.57. The molecule has 0 saturated heterocycles. The van der Waals surface area contributed by atoms with Crippen LogP contribution in [0.1, 0.15) is 5.56 Å². The summed E-state index contributed by atoms with van der Waals surface area (Å²) in [6.07, 6.45) is 1.38. The van der Waals surface area contributed by atoms with Crippen molar-refractivity contribution >= 4 is 32.7 Å². The van der Waals surface area contributed by atoms with E-state index in [-0.39, 0.29) is 4.90 Å². The van der Waals surface area contributed by atoms with Crippen molar-refractivity contribution in [3.05, 3.63) is 53.3 Å². The molecule has 0 unspecified atom stereocenters. The molecule has 0 spiro atoms. The summed E-state index contributed by atoms with van der Waals surface area (Å²) in [6.45, 7) is 1.89. The Morgan fingerprint density at radius 2 is 1.80 bits per heavy atom. The normalized spacial score (nSPS) is 11.9. The first-order valence-corrected chi connectivity index (χ1v) is 7.63. The van der Waals surface area contributed by atoms with Crippen LogP contribution >= 0.6 is 11.6 Å². The van der Waals surface area contributed by atoms with Gasteiger partial charge in [-0.05, 0) is 31.2 Å². The van der Waals surface area contributed by atoms with Gasteiger partial charge in [0, 0.05) is 0 Å². The maximum absolute atomic E-state index is 12.5. The van der Waals surface area contributed by atoms with Gasteiger partial charge in [-0.15, -0.1) is 0 Å². The maximum Gasteiger partial charge on any atom is 0.283 e. The number of nitrogens with zero attached hydrogens (tertiary/aromatic N) is 3. The summed E-state index contributed by atoms with van der Waals surface area (Å²) in [5.74, 6) is 0. The van der Waals surface area contributed by atoms with Crippen molar-refractivity contribution in [2.45, 2.75) is 11.8 Å². The molecular formula is C13H10ClN3O2S. The lowest BCUT2D eigenvalue weighted by Crippen LogP contribution is -2.14. The average molecular weight is 308 g/mol. The molecule has 0 saturated carbocycles. The number of aryl methyl sites for hydroxylation is 1. The lowest BCUT2D eigenvalue weighted by molar-refractivity contribution is 0.582. The van der Waals surface area contributed by atoms with Gasteiger partial charge < -0.3 is 0 Å². The zero-order valence-electron chi connectivity index (χ0n) is 10.5. The van der Waals surface area contributed by atoms with Crippen molar-refractivity contribution < 1.29 is 8.42 Å². The Bertz CT molecular complexity index is 886. The van der Waals surface area contributed by atoms with Crippen LogP contribution < -0.4 is 0 Å². The predicted octanol–water partition coefficient (Wildman–Crippen LogP) is 2.63. The second-order valence-corrected chi connectivity index (χ2v) is 6.50. The van der Waals surface area contributed by atoms with Crippen molar-refractivity contribution in [3.63, 3.8) is 0 Å². The highest BCUT2D eigenvalue weighted by molar-refractivity contribution is 7.90. The fourth-order valence-corrected chi connectivity index (χ4v) is 3.29. The summed E-state index contributed by atoms with van der Waals surface area (Å²) in [5.41, 5.74) is 1.82. The molecule has 0 aliphatic carbocycles. The molecule has 7 heteroatoms. The molecular weight excluding hydrogens is 298 g/mol. The van der Waals surface area contributed by atoms with Gasteiger partial charge in [-0.25, -0.2) is 4.98 Å². The van der Waals surface area contributed by atoms with E-state index in [0.29, 0.717) is 16.2 Å². The fourth-order valence-electron chi connectivity index (χ4n) is 1.87. The third kappa shape index (κ3) is 2.07. The second-order valence-electron chi connectivity index (χ2n) is 4.34. The summed E-state index contributed by atoms with van der Waals surface area (Å²) < 4.78 is 26.1. The minimum Gasteiger partial charge on any atom is -0.233 e. The summed E-state index contributed by atoms with van der Waals surface area (Å²) in [4.78, 5) is 4.22. The number of pyridine rings is 1. The lowest BCUT2D eigenvalue weighted by Gasteiger charge is -2.06. The molecule has 5 nitrogen and oxygen atoms in total. The Hall–Kier alpha value is -1.92. The van der Waals surface area contributed by atoms with Gasteiger partial charge in [0.1, 0.15) is 16.2 Å². The first-order valence-electron chi connectivity index (χ1n) is 5.81. The molecule has 0 N–H and O–H groups in total. The topological polar surface area (TPSA) is 64.8 Å². The first kappa shape index (κ1) is 13.1. The smallest absolute Gasteiger partial charge is 0.233 e. The van der Waals surface area contributed by atoms with Crippen molar-refractivity contribution in [3.8, 4) is 0 Å². The SMILES string of the molecule is Cc1ccc(S(=O)(=O)n2ncc3nc(Cl)ccc32)cc1. The Morgan fingerprint density at radius 1 is 1.10 bits per heavy atom. The molecule has 0 aliphatic heterocycles. The van der Waals surface area contributed by atoms with Crippen LogP contribution in [0.25, 0.3) is 11.0 Å². The number of rotatable bonds is 2. The summed E-state index contributed by atoms with van der Waals surface area (Å²) in [6, 6.07) is 9.72. The van der Waals surface area contributed by atoms with E-state index >= 15 is 0 Å². The number of hydrogen-bond donors (Lipinski definition) is 0. The van der Waals surface area contributed by atoms with Crippen LogP contribution in [0.3, 0.4) is 0 Å². The van der Waals surface area contributed by atoms with E-state index in [9.17, 15) is 8.42 Å². The van der Waals surface area contributed by atoms with Gasteiger partial charge in [0.2, 0.25) is 0 Å². The van der Waals surface area contributed by atoms with Crippen LogP contribution in [0.4, 0.5) is 0 Å². The third-order valence-electron chi connectivity index (χ3n) is 2.91. The van der Waals surface area contributed by atoms with E-state index in [1.165, 1.54) is 12.3 Å². The Kier molecular flexibility index (Phi) is 2.99. The van der Waals surface area contributed by atoms with Gasteiger partial charge >= 0.3 is 0 Å². The van der Waals surface area contributed by atoms with Gasteiger partial charge in [0.25, 0.3) is 10.0 Å². The molecule has 102 valence electrons. The number of halogens is 1. The molecule has 0 atom stereocenters. The van der Waals surface area contributed by atoms with Crippen LogP contribution in [-0.2, 0) is 10.0 Å². The molecule has 0 fully saturated rings. The number of hydrogen-bond acceptors (Lipinski definition) is 4. The minimum atomic E-state index is -3.73. The molecule has 20 heavy (non-hydrogen) atoms. The highest BCUT2D eigenvalue weighted by Gasteiger charge is 2.20. The standard InChI is InChI=1S/C13H10ClN3O2S/c1-9-2-4-10(5-3-9)20(18,19)17-12-6-7-13(14)16-11(12)8-15-17/h2-8H,1H3. The fraction of sp³-hybridized carbons (Fsp3) is 0.0769. The van der Waals surface area contributed by atoms with Crippen LogP contribution in [0, 0.1) is 6.92 Å². The molecule has 3 aromatic rings. The van der Waals surface area contributed by atoms with Crippen LogP contribution in [0.2, 0.25) is 5.15 Å². The van der Waals surface area contributed by atoms with Gasteiger partial charge in [0.15, 0.2) is 0 Å². The maximum atomic E-state index is 12.5.